The van der Waals surface area contributed by atoms with Gasteiger partial charge >= 0.3 is 5.97 Å². The summed E-state index contributed by atoms with van der Waals surface area (Å²) in [6.45, 7) is -0.310. The van der Waals surface area contributed by atoms with E-state index < -0.39 is 17.9 Å². The van der Waals surface area contributed by atoms with E-state index in [0.717, 1.165) is 16.2 Å². The first kappa shape index (κ1) is 19.4. The van der Waals surface area contributed by atoms with Crippen molar-refractivity contribution < 1.29 is 23.8 Å². The van der Waals surface area contributed by atoms with Crippen molar-refractivity contribution in [3.8, 4) is 5.75 Å². The molecule has 6 nitrogen and oxygen atoms in total. The Labute approximate surface area is 171 Å². The van der Waals surface area contributed by atoms with Gasteiger partial charge in [0.05, 0.1) is 0 Å². The summed E-state index contributed by atoms with van der Waals surface area (Å²) in [5.41, 5.74) is 1.15. The number of carbonyl (C=O) groups is 2. The lowest BCUT2D eigenvalue weighted by molar-refractivity contribution is -0.142. The van der Waals surface area contributed by atoms with Gasteiger partial charge in [0, 0.05) is 23.0 Å². The Kier molecular flexibility index (Phi) is 5.34. The number of ether oxygens (including phenoxy) is 1. The van der Waals surface area contributed by atoms with Crippen molar-refractivity contribution in [3.63, 3.8) is 0 Å². The lowest BCUT2D eigenvalue weighted by Gasteiger charge is -2.15. The van der Waals surface area contributed by atoms with Gasteiger partial charge in [-0.2, -0.15) is 0 Å². The number of carboxylic acids is 1. The molecule has 3 N–H and O–H groups in total. The van der Waals surface area contributed by atoms with E-state index in [-0.39, 0.29) is 18.8 Å². The van der Waals surface area contributed by atoms with Gasteiger partial charge in [-0.15, -0.1) is 0 Å². The Balaban J connectivity index is 1.42. The fraction of sp³-hybridized carbons (Fsp3) is 0.130. The molecule has 0 radical (unpaired) electrons. The molecule has 3 aromatic carbocycles. The van der Waals surface area contributed by atoms with Crippen molar-refractivity contribution in [2.75, 3.05) is 6.61 Å². The largest absolute Gasteiger partial charge is 0.483 e. The Bertz CT molecular complexity index is 1230. The number of carbonyl (C=O) groups excluding carboxylic acids is 1. The molecule has 1 atom stereocenters. The van der Waals surface area contributed by atoms with Crippen LogP contribution in [0.15, 0.2) is 66.7 Å². The summed E-state index contributed by atoms with van der Waals surface area (Å²) in [5.74, 6) is -1.55. The highest BCUT2D eigenvalue weighted by Gasteiger charge is 2.22. The molecule has 0 bridgehead atoms. The van der Waals surface area contributed by atoms with Crippen molar-refractivity contribution in [2.24, 2.45) is 0 Å². The molecule has 0 spiro atoms. The maximum atomic E-state index is 13.3. The fourth-order valence-electron chi connectivity index (χ4n) is 3.39. The molecule has 0 aliphatic carbocycles. The van der Waals surface area contributed by atoms with E-state index in [1.54, 1.807) is 18.2 Å². The van der Waals surface area contributed by atoms with Crippen LogP contribution < -0.4 is 10.1 Å². The molecule has 1 unspecified atom stereocenters. The molecule has 0 aliphatic heterocycles. The Morgan fingerprint density at radius 2 is 1.83 bits per heavy atom. The summed E-state index contributed by atoms with van der Waals surface area (Å²) >= 11 is 0. The number of hydrogen-bond donors (Lipinski definition) is 3. The number of H-pyrrole nitrogens is 1. The number of aromatic amines is 1. The van der Waals surface area contributed by atoms with Gasteiger partial charge in [-0.05, 0) is 41.1 Å². The molecule has 4 rings (SSSR count). The van der Waals surface area contributed by atoms with Gasteiger partial charge in [0.15, 0.2) is 6.61 Å². The quantitative estimate of drug-likeness (QED) is 0.437. The van der Waals surface area contributed by atoms with Gasteiger partial charge in [-0.1, -0.05) is 36.4 Å². The van der Waals surface area contributed by atoms with Gasteiger partial charge in [0.2, 0.25) is 0 Å². The third-order valence-corrected chi connectivity index (χ3v) is 4.81. The zero-order valence-electron chi connectivity index (χ0n) is 15.9. The average Bonchev–Trinajstić information content (AvgIpc) is 3.13. The Morgan fingerprint density at radius 1 is 1.03 bits per heavy atom. The zero-order valence-corrected chi connectivity index (χ0v) is 15.9. The van der Waals surface area contributed by atoms with Gasteiger partial charge in [0.25, 0.3) is 5.91 Å². The van der Waals surface area contributed by atoms with Crippen LogP contribution in [-0.2, 0) is 16.0 Å². The zero-order chi connectivity index (χ0) is 21.1. The van der Waals surface area contributed by atoms with E-state index in [9.17, 15) is 19.1 Å². The van der Waals surface area contributed by atoms with Crippen LogP contribution in [0.25, 0.3) is 21.7 Å². The predicted octanol–water partition coefficient (Wildman–Crippen LogP) is 3.65. The van der Waals surface area contributed by atoms with Crippen LogP contribution in [0.4, 0.5) is 4.39 Å². The van der Waals surface area contributed by atoms with E-state index in [1.165, 1.54) is 12.1 Å². The highest BCUT2D eigenvalue weighted by Crippen LogP contribution is 2.25. The first-order valence-electron chi connectivity index (χ1n) is 9.39. The number of aromatic nitrogens is 1. The first-order chi connectivity index (χ1) is 14.5. The van der Waals surface area contributed by atoms with E-state index in [1.807, 2.05) is 36.4 Å². The number of carboxylic acid groups (broad SMARTS) is 1. The summed E-state index contributed by atoms with van der Waals surface area (Å²) in [5, 5.41) is 14.6. The number of aliphatic carboxylic acids is 1. The molecule has 1 aromatic heterocycles. The minimum absolute atomic E-state index is 0.0334. The number of rotatable bonds is 7. The molecule has 4 aromatic rings. The third-order valence-electron chi connectivity index (χ3n) is 4.81. The summed E-state index contributed by atoms with van der Waals surface area (Å²) in [6.07, 6.45) is 0.0334. The molecule has 0 aliphatic rings. The van der Waals surface area contributed by atoms with E-state index in [0.29, 0.717) is 17.0 Å². The van der Waals surface area contributed by atoms with E-state index in [4.69, 9.17) is 4.74 Å². The molecule has 0 fully saturated rings. The van der Waals surface area contributed by atoms with Gasteiger partial charge in [0.1, 0.15) is 17.6 Å². The number of nitrogens with one attached hydrogen (secondary N) is 2. The maximum absolute atomic E-state index is 13.3. The summed E-state index contributed by atoms with van der Waals surface area (Å²) in [7, 11) is 0. The SMILES string of the molecule is O=C(COc1cccc2ccccc12)NC(Cc1cc2ccc(F)cc2[nH]1)C(=O)O. The number of hydrogen-bond acceptors (Lipinski definition) is 3. The molecule has 0 saturated heterocycles. The lowest BCUT2D eigenvalue weighted by atomic mass is 10.1. The average molecular weight is 406 g/mol. The van der Waals surface area contributed by atoms with Gasteiger partial charge in [-0.25, -0.2) is 9.18 Å². The second-order valence-corrected chi connectivity index (χ2v) is 6.95. The second-order valence-electron chi connectivity index (χ2n) is 6.95. The van der Waals surface area contributed by atoms with Crippen LogP contribution in [0.5, 0.6) is 5.75 Å². The lowest BCUT2D eigenvalue weighted by Crippen LogP contribution is -2.44. The Hall–Kier alpha value is -3.87. The monoisotopic (exact) mass is 406 g/mol. The van der Waals surface area contributed by atoms with Crippen LogP contribution in [0.2, 0.25) is 0 Å². The topological polar surface area (TPSA) is 91.4 Å². The van der Waals surface area contributed by atoms with Crippen LogP contribution in [0, 0.1) is 5.82 Å². The molecule has 1 heterocycles. The molecule has 7 heteroatoms. The second kappa shape index (κ2) is 8.24. The van der Waals surface area contributed by atoms with E-state index >= 15 is 0 Å². The highest BCUT2D eigenvalue weighted by atomic mass is 19.1. The molecule has 30 heavy (non-hydrogen) atoms. The Morgan fingerprint density at radius 3 is 2.67 bits per heavy atom. The predicted molar refractivity (Wildman–Crippen MR) is 111 cm³/mol. The number of benzene rings is 3. The smallest absolute Gasteiger partial charge is 0.326 e. The van der Waals surface area contributed by atoms with Crippen LogP contribution in [0.3, 0.4) is 0 Å². The summed E-state index contributed by atoms with van der Waals surface area (Å²) < 4.78 is 19.0. The highest BCUT2D eigenvalue weighted by molar-refractivity contribution is 5.89. The number of halogens is 1. The first-order valence-corrected chi connectivity index (χ1v) is 9.39. The fourth-order valence-corrected chi connectivity index (χ4v) is 3.39. The summed E-state index contributed by atoms with van der Waals surface area (Å²) in [6, 6.07) is 18.0. The molecular formula is C23H19FN2O4. The van der Waals surface area contributed by atoms with Crippen LogP contribution in [-0.4, -0.2) is 34.6 Å². The standard InChI is InChI=1S/C23H19FN2O4/c24-16-9-8-15-10-17(25-19(15)11-16)12-20(23(28)29)26-22(27)13-30-21-7-3-5-14-4-1-2-6-18(14)21/h1-11,20,25H,12-13H2,(H,26,27)(H,28,29). The summed E-state index contributed by atoms with van der Waals surface area (Å²) in [4.78, 5) is 26.9. The van der Waals surface area contributed by atoms with Crippen LogP contribution in [0.1, 0.15) is 5.69 Å². The molecule has 0 saturated carbocycles. The van der Waals surface area contributed by atoms with E-state index in [2.05, 4.69) is 10.3 Å². The van der Waals surface area contributed by atoms with Crippen molar-refractivity contribution in [1.29, 1.82) is 0 Å². The van der Waals surface area contributed by atoms with Crippen molar-refractivity contribution in [2.45, 2.75) is 12.5 Å². The third kappa shape index (κ3) is 4.25. The van der Waals surface area contributed by atoms with Crippen molar-refractivity contribution >= 4 is 33.6 Å². The van der Waals surface area contributed by atoms with Crippen LogP contribution >= 0.6 is 0 Å². The number of amides is 1. The van der Waals surface area contributed by atoms with Crippen molar-refractivity contribution in [3.05, 3.63) is 78.2 Å². The van der Waals surface area contributed by atoms with Gasteiger partial charge < -0.3 is 20.1 Å². The molecule has 1 amide bonds. The van der Waals surface area contributed by atoms with Gasteiger partial charge in [-0.3, -0.25) is 4.79 Å². The van der Waals surface area contributed by atoms with Crippen molar-refractivity contribution in [1.82, 2.24) is 10.3 Å². The molecular weight excluding hydrogens is 387 g/mol. The molecule has 152 valence electrons. The number of fused-ring (bicyclic) bond motifs is 2. The minimum Gasteiger partial charge on any atom is -0.483 e. The normalized spacial score (nSPS) is 12.0. The maximum Gasteiger partial charge on any atom is 0.326 e. The minimum atomic E-state index is -1.17.